The van der Waals surface area contributed by atoms with E-state index in [1.165, 1.54) is 6.33 Å². The lowest BCUT2D eigenvalue weighted by Gasteiger charge is -2.31. The van der Waals surface area contributed by atoms with Crippen molar-refractivity contribution in [3.8, 4) is 0 Å². The molecule has 2 aromatic rings. The number of carbonyl (C=O) groups excluding carboxylic acids is 1. The number of hydrogen-bond donors (Lipinski definition) is 2. The molecular formula is C17H27N6O5P. The van der Waals surface area contributed by atoms with E-state index in [0.717, 1.165) is 19.3 Å². The molecule has 0 spiro atoms. The summed E-state index contributed by atoms with van der Waals surface area (Å²) in [5.74, 6) is -0.150. The summed E-state index contributed by atoms with van der Waals surface area (Å²) in [6.07, 6.45) is 5.34. The maximum absolute atomic E-state index is 12.8. The van der Waals surface area contributed by atoms with E-state index in [-0.39, 0.29) is 19.1 Å². The minimum absolute atomic E-state index is 0.1000. The third kappa shape index (κ3) is 5.51. The van der Waals surface area contributed by atoms with Gasteiger partial charge < -0.3 is 24.3 Å². The molecule has 160 valence electrons. The van der Waals surface area contributed by atoms with Crippen LogP contribution < -0.4 is 10.8 Å². The number of unbranched alkanes of at least 4 members (excludes halogenated alkanes) is 2. The molecule has 3 atom stereocenters. The molecule has 11 nitrogen and oxygen atoms in total. The van der Waals surface area contributed by atoms with Gasteiger partial charge in [0, 0.05) is 0 Å². The van der Waals surface area contributed by atoms with E-state index in [9.17, 15) is 9.36 Å². The van der Waals surface area contributed by atoms with Crippen molar-refractivity contribution in [2.24, 2.45) is 0 Å². The van der Waals surface area contributed by atoms with Crippen LogP contribution >= 0.6 is 7.52 Å². The molecule has 1 aliphatic heterocycles. The number of fused-ring (bicyclic) bond motifs is 1. The smallest absolute Gasteiger partial charge is 0.323 e. The first-order chi connectivity index (χ1) is 13.9. The SMILES string of the molecule is CCCCCOC(=O)C(C)NP1(=O)CO[C@@H](Cn2cnc3c(N)ncnc32)CO1. The van der Waals surface area contributed by atoms with Crippen molar-refractivity contribution < 1.29 is 23.4 Å². The van der Waals surface area contributed by atoms with E-state index >= 15 is 0 Å². The molecule has 0 aliphatic carbocycles. The van der Waals surface area contributed by atoms with Crippen molar-refractivity contribution in [1.82, 2.24) is 24.6 Å². The quantitative estimate of drug-likeness (QED) is 0.345. The van der Waals surface area contributed by atoms with Gasteiger partial charge in [0.05, 0.1) is 26.1 Å². The number of nitrogen functional groups attached to an aromatic ring is 1. The summed E-state index contributed by atoms with van der Waals surface area (Å²) >= 11 is 0. The summed E-state index contributed by atoms with van der Waals surface area (Å²) < 4.78 is 31.0. The van der Waals surface area contributed by atoms with Crippen LogP contribution in [0.3, 0.4) is 0 Å². The fourth-order valence-electron chi connectivity index (χ4n) is 2.92. The zero-order chi connectivity index (χ0) is 20.9. The number of nitrogens with one attached hydrogen (secondary N) is 1. The molecule has 1 aliphatic rings. The Labute approximate surface area is 168 Å². The van der Waals surface area contributed by atoms with Crippen LogP contribution in [-0.2, 0) is 29.9 Å². The topological polar surface area (TPSA) is 143 Å². The summed E-state index contributed by atoms with van der Waals surface area (Å²) in [5.41, 5.74) is 6.90. The van der Waals surface area contributed by atoms with Crippen LogP contribution in [0.5, 0.6) is 0 Å². The number of aromatic nitrogens is 4. The zero-order valence-electron chi connectivity index (χ0n) is 16.6. The molecule has 1 saturated heterocycles. The van der Waals surface area contributed by atoms with Gasteiger partial charge in [-0.05, 0) is 13.3 Å². The normalized spacial score (nSPS) is 23.2. The number of imidazole rings is 1. The van der Waals surface area contributed by atoms with E-state index in [2.05, 4.69) is 27.0 Å². The first-order valence-corrected chi connectivity index (χ1v) is 11.4. The van der Waals surface area contributed by atoms with Gasteiger partial charge in [-0.15, -0.1) is 0 Å². The van der Waals surface area contributed by atoms with Gasteiger partial charge in [0.2, 0.25) is 0 Å². The van der Waals surface area contributed by atoms with E-state index in [1.807, 2.05) is 0 Å². The third-order valence-electron chi connectivity index (χ3n) is 4.52. The Morgan fingerprint density at radius 3 is 3.00 bits per heavy atom. The number of carbonyl (C=O) groups is 1. The van der Waals surface area contributed by atoms with Gasteiger partial charge in [0.15, 0.2) is 11.5 Å². The Balaban J connectivity index is 1.49. The summed E-state index contributed by atoms with van der Waals surface area (Å²) in [6.45, 7) is 4.53. The third-order valence-corrected chi connectivity index (χ3v) is 6.35. The van der Waals surface area contributed by atoms with Crippen molar-refractivity contribution in [3.63, 3.8) is 0 Å². The van der Waals surface area contributed by atoms with Crippen LogP contribution in [-0.4, -0.2) is 57.2 Å². The van der Waals surface area contributed by atoms with Gasteiger partial charge in [-0.1, -0.05) is 19.8 Å². The van der Waals surface area contributed by atoms with Crippen LogP contribution in [0.2, 0.25) is 0 Å². The maximum atomic E-state index is 12.8. The highest BCUT2D eigenvalue weighted by Crippen LogP contribution is 2.46. The molecule has 0 bridgehead atoms. The van der Waals surface area contributed by atoms with Crippen molar-refractivity contribution in [3.05, 3.63) is 12.7 Å². The van der Waals surface area contributed by atoms with Crippen LogP contribution in [0.1, 0.15) is 33.1 Å². The monoisotopic (exact) mass is 426 g/mol. The first-order valence-electron chi connectivity index (χ1n) is 9.63. The molecule has 29 heavy (non-hydrogen) atoms. The Morgan fingerprint density at radius 2 is 2.28 bits per heavy atom. The number of hydrogen-bond acceptors (Lipinski definition) is 9. The van der Waals surface area contributed by atoms with E-state index in [4.69, 9.17) is 19.7 Å². The van der Waals surface area contributed by atoms with Crippen LogP contribution in [0.25, 0.3) is 11.2 Å². The highest BCUT2D eigenvalue weighted by atomic mass is 31.2. The van der Waals surface area contributed by atoms with Gasteiger partial charge in [-0.25, -0.2) is 20.0 Å². The average molecular weight is 426 g/mol. The molecule has 3 heterocycles. The first kappa shape index (κ1) is 21.6. The van der Waals surface area contributed by atoms with Gasteiger partial charge in [0.1, 0.15) is 30.3 Å². The molecule has 0 amide bonds. The van der Waals surface area contributed by atoms with Gasteiger partial charge in [-0.3, -0.25) is 9.36 Å². The van der Waals surface area contributed by atoms with Crippen molar-refractivity contribution in [2.75, 3.05) is 25.3 Å². The van der Waals surface area contributed by atoms with E-state index in [1.54, 1.807) is 17.8 Å². The second kappa shape index (κ2) is 9.62. The molecular weight excluding hydrogens is 399 g/mol. The molecule has 3 rings (SSSR count). The Kier molecular flexibility index (Phi) is 7.18. The predicted molar refractivity (Wildman–Crippen MR) is 106 cm³/mol. The Bertz CT molecular complexity index is 878. The molecule has 1 fully saturated rings. The number of nitrogens with two attached hydrogens (primary N) is 1. The molecule has 0 saturated carbocycles. The number of rotatable bonds is 9. The summed E-state index contributed by atoms with van der Waals surface area (Å²) in [6, 6.07) is -0.750. The van der Waals surface area contributed by atoms with Crippen LogP contribution in [0.15, 0.2) is 12.7 Å². The average Bonchev–Trinajstić information content (AvgIpc) is 3.11. The summed E-state index contributed by atoms with van der Waals surface area (Å²) in [4.78, 5) is 24.3. The van der Waals surface area contributed by atoms with Gasteiger partial charge in [0.25, 0.3) is 7.52 Å². The fourth-order valence-corrected chi connectivity index (χ4v) is 4.65. The molecule has 12 heteroatoms. The number of ether oxygens (including phenoxy) is 2. The largest absolute Gasteiger partial charge is 0.465 e. The van der Waals surface area contributed by atoms with Crippen molar-refractivity contribution >= 4 is 30.5 Å². The van der Waals surface area contributed by atoms with Gasteiger partial charge in [-0.2, -0.15) is 0 Å². The number of esters is 1. The Hall–Kier alpha value is -2.07. The van der Waals surface area contributed by atoms with Crippen molar-refractivity contribution in [2.45, 2.75) is 51.8 Å². The molecule has 0 radical (unpaired) electrons. The van der Waals surface area contributed by atoms with Crippen molar-refractivity contribution in [1.29, 1.82) is 0 Å². The highest BCUT2D eigenvalue weighted by molar-refractivity contribution is 7.56. The second-order valence-corrected chi connectivity index (χ2v) is 9.06. The zero-order valence-corrected chi connectivity index (χ0v) is 17.5. The molecule has 3 N–H and O–H groups in total. The number of nitrogens with zero attached hydrogens (tertiary/aromatic N) is 4. The summed E-state index contributed by atoms with van der Waals surface area (Å²) in [5, 5.41) is 2.73. The lowest BCUT2D eigenvalue weighted by molar-refractivity contribution is -0.145. The molecule has 2 aromatic heterocycles. The van der Waals surface area contributed by atoms with Crippen LogP contribution in [0.4, 0.5) is 5.82 Å². The standard InChI is InChI=1S/C17H27N6O5P/c1-3-4-5-6-26-17(24)12(2)22-29(25)11-27-13(8-28-29)7-23-10-21-14-15(18)19-9-20-16(14)23/h9-10,12-13H,3-8,11H2,1-2H3,(H,22,25)(H2,18,19,20)/t12?,13-,29?/m0/s1. The fraction of sp³-hybridized carbons (Fsp3) is 0.647. The minimum atomic E-state index is -3.30. The van der Waals surface area contributed by atoms with E-state index in [0.29, 0.717) is 30.1 Å². The van der Waals surface area contributed by atoms with E-state index < -0.39 is 19.5 Å². The highest BCUT2D eigenvalue weighted by Gasteiger charge is 2.35. The Morgan fingerprint density at radius 1 is 1.45 bits per heavy atom. The minimum Gasteiger partial charge on any atom is -0.465 e. The lowest BCUT2D eigenvalue weighted by atomic mass is 10.3. The number of anilines is 1. The van der Waals surface area contributed by atoms with Gasteiger partial charge >= 0.3 is 5.97 Å². The second-order valence-electron chi connectivity index (χ2n) is 6.94. The molecule has 0 aromatic carbocycles. The predicted octanol–water partition coefficient (Wildman–Crippen LogP) is 1.69. The molecule has 2 unspecified atom stereocenters. The lowest BCUT2D eigenvalue weighted by Crippen LogP contribution is -2.39. The maximum Gasteiger partial charge on any atom is 0.323 e. The summed E-state index contributed by atoms with van der Waals surface area (Å²) in [7, 11) is -3.30. The van der Waals surface area contributed by atoms with Crippen LogP contribution in [0, 0.1) is 0 Å².